The highest BCUT2D eigenvalue weighted by molar-refractivity contribution is 6.63. The van der Waals surface area contributed by atoms with E-state index in [0.29, 0.717) is 25.9 Å². The Hall–Kier alpha value is 0.600. The zero-order chi connectivity index (χ0) is 22.0. The van der Waals surface area contributed by atoms with Crippen molar-refractivity contribution in [3.8, 4) is 0 Å². The number of carbonyl (C=O) groups excluding carboxylic acids is 2. The van der Waals surface area contributed by atoms with E-state index in [2.05, 4.69) is 0 Å². The molecule has 4 fully saturated rings. The molecule has 29 heavy (non-hydrogen) atoms. The Kier molecular flexibility index (Phi) is 9.34. The molecule has 12 heteroatoms. The number of hydrogen-bond donors (Lipinski definition) is 2. The molecular weight excluding hydrogens is 509 g/mol. The lowest BCUT2D eigenvalue weighted by Gasteiger charge is -2.61. The third-order valence-electron chi connectivity index (χ3n) is 6.00. The second-order valence-electron chi connectivity index (χ2n) is 7.49. The summed E-state index contributed by atoms with van der Waals surface area (Å²) in [5.74, 6) is -1.48. The summed E-state index contributed by atoms with van der Waals surface area (Å²) in [7, 11) is 0. The Balaban J connectivity index is 0.000000324. The van der Waals surface area contributed by atoms with E-state index in [1.807, 2.05) is 0 Å². The molecule has 6 nitrogen and oxygen atoms in total. The second-order valence-corrected chi connectivity index (χ2v) is 11.4. The largest absolute Gasteiger partial charge is 0.370 e. The van der Waals surface area contributed by atoms with Gasteiger partial charge in [0.25, 0.3) is 0 Å². The van der Waals surface area contributed by atoms with Gasteiger partial charge in [0, 0.05) is 13.1 Å². The molecule has 2 N–H and O–H groups in total. The van der Waals surface area contributed by atoms with Crippen LogP contribution in [-0.2, 0) is 9.59 Å². The van der Waals surface area contributed by atoms with Crippen LogP contribution in [0.5, 0.6) is 0 Å². The molecule has 0 spiro atoms. The van der Waals surface area contributed by atoms with Crippen molar-refractivity contribution >= 4 is 81.4 Å². The summed E-state index contributed by atoms with van der Waals surface area (Å²) in [5, 5.41) is 22.0. The van der Waals surface area contributed by atoms with E-state index in [0.717, 1.165) is 25.7 Å². The molecule has 2 amide bonds. The third-order valence-corrected chi connectivity index (χ3v) is 6.00. The van der Waals surface area contributed by atoms with Crippen molar-refractivity contribution in [2.24, 2.45) is 11.8 Å². The van der Waals surface area contributed by atoms with Gasteiger partial charge in [-0.15, -0.1) is 0 Å². The standard InChI is InChI=1S/C15H22N2O4.2CHCl3/c18-12-10-9-11(15(21)6-2-4-8-17(12)15)13(19)16-7-3-1-5-14(10,16)20;2*2-1(3)4/h10-11,20-21H,1-9H2;2*1H/t10-,11-,14+,15+;;/m0../s1. The molecule has 0 unspecified atom stereocenters. The number of hydrogen-bond acceptors (Lipinski definition) is 4. The number of alkyl halides is 6. The number of carbonyl (C=O) groups is 2. The van der Waals surface area contributed by atoms with Crippen LogP contribution in [0.3, 0.4) is 0 Å². The average molecular weight is 533 g/mol. The lowest BCUT2D eigenvalue weighted by molar-refractivity contribution is -0.262. The first kappa shape index (κ1) is 25.9. The van der Waals surface area contributed by atoms with Crippen LogP contribution in [-0.4, -0.2) is 65.0 Å². The maximum atomic E-state index is 12.8. The Bertz CT molecular complexity index is 557. The summed E-state index contributed by atoms with van der Waals surface area (Å²) >= 11 is 28.8. The van der Waals surface area contributed by atoms with Gasteiger partial charge in [0.1, 0.15) is 0 Å². The predicted octanol–water partition coefficient (Wildman–Crippen LogP) is 4.01. The Morgan fingerprint density at radius 1 is 0.724 bits per heavy atom. The van der Waals surface area contributed by atoms with Gasteiger partial charge in [0.05, 0.1) is 11.8 Å². The van der Waals surface area contributed by atoms with Gasteiger partial charge in [0.2, 0.25) is 11.8 Å². The smallest absolute Gasteiger partial charge is 0.232 e. The summed E-state index contributed by atoms with van der Waals surface area (Å²) in [6.07, 6.45) is 4.59. The number of fused-ring (bicyclic) bond motifs is 6. The summed E-state index contributed by atoms with van der Waals surface area (Å²) in [4.78, 5) is 28.6. The summed E-state index contributed by atoms with van der Waals surface area (Å²) < 4.78 is -1.50. The molecule has 2 bridgehead atoms. The maximum absolute atomic E-state index is 12.8. The van der Waals surface area contributed by atoms with E-state index in [9.17, 15) is 19.8 Å². The second kappa shape index (κ2) is 10.5. The van der Waals surface area contributed by atoms with E-state index < -0.39 is 31.9 Å². The lowest BCUT2D eigenvalue weighted by atomic mass is 9.66. The van der Waals surface area contributed by atoms with Crippen molar-refractivity contribution in [1.29, 1.82) is 0 Å². The van der Waals surface area contributed by atoms with Crippen LogP contribution in [0, 0.1) is 11.8 Å². The minimum atomic E-state index is -1.33. The normalized spacial score (nSPS) is 35.9. The SMILES string of the molecule is ClC(Cl)Cl.ClC(Cl)Cl.O=C1[C@@H]2C[C@@H](C(=O)N3CCCC[C@@]23O)[C@]2(O)CCCCN12. The molecule has 0 aromatic carbocycles. The highest BCUT2D eigenvalue weighted by Crippen LogP contribution is 2.51. The van der Waals surface area contributed by atoms with E-state index in [1.54, 1.807) is 0 Å². The van der Waals surface area contributed by atoms with E-state index in [4.69, 9.17) is 69.6 Å². The fourth-order valence-corrected chi connectivity index (χ4v) is 4.88. The number of amides is 2. The van der Waals surface area contributed by atoms with E-state index in [-0.39, 0.29) is 18.2 Å². The van der Waals surface area contributed by atoms with Crippen LogP contribution in [0.15, 0.2) is 0 Å². The molecule has 4 aliphatic heterocycles. The van der Waals surface area contributed by atoms with Crippen molar-refractivity contribution in [3.05, 3.63) is 0 Å². The van der Waals surface area contributed by atoms with E-state index >= 15 is 0 Å². The van der Waals surface area contributed by atoms with Crippen LogP contribution in [0.1, 0.15) is 44.9 Å². The van der Waals surface area contributed by atoms with Gasteiger partial charge in [-0.1, -0.05) is 69.6 Å². The molecule has 4 heterocycles. The van der Waals surface area contributed by atoms with Gasteiger partial charge in [-0.25, -0.2) is 0 Å². The number of halogens is 6. The van der Waals surface area contributed by atoms with Gasteiger partial charge in [0.15, 0.2) is 20.0 Å². The first-order valence-corrected chi connectivity index (χ1v) is 12.0. The highest BCUT2D eigenvalue weighted by Gasteiger charge is 2.66. The molecule has 0 aliphatic carbocycles. The van der Waals surface area contributed by atoms with Crippen LogP contribution < -0.4 is 0 Å². The van der Waals surface area contributed by atoms with Crippen LogP contribution in [0.4, 0.5) is 0 Å². The first-order valence-electron chi connectivity index (χ1n) is 9.37. The topological polar surface area (TPSA) is 81.1 Å². The van der Waals surface area contributed by atoms with Gasteiger partial charge in [-0.2, -0.15) is 0 Å². The number of nitrogens with zero attached hydrogens (tertiary/aromatic N) is 2. The predicted molar refractivity (Wildman–Crippen MR) is 115 cm³/mol. The molecule has 0 saturated carbocycles. The quantitative estimate of drug-likeness (QED) is 0.462. The fraction of sp³-hybridized carbons (Fsp3) is 0.882. The zero-order valence-electron chi connectivity index (χ0n) is 15.5. The Morgan fingerprint density at radius 3 is 1.34 bits per heavy atom. The van der Waals surface area contributed by atoms with Crippen molar-refractivity contribution in [2.45, 2.75) is 65.0 Å². The van der Waals surface area contributed by atoms with Gasteiger partial charge in [-0.05, 0) is 44.9 Å². The average Bonchev–Trinajstić information content (AvgIpc) is 2.60. The minimum Gasteiger partial charge on any atom is -0.370 e. The molecule has 4 saturated heterocycles. The monoisotopic (exact) mass is 530 g/mol. The van der Waals surface area contributed by atoms with Crippen molar-refractivity contribution in [1.82, 2.24) is 9.80 Å². The Morgan fingerprint density at radius 2 is 1.03 bits per heavy atom. The molecule has 0 aromatic rings. The number of rotatable bonds is 0. The molecule has 4 atom stereocenters. The van der Waals surface area contributed by atoms with E-state index in [1.165, 1.54) is 9.80 Å². The molecule has 168 valence electrons. The van der Waals surface area contributed by atoms with Crippen LogP contribution in [0.2, 0.25) is 0 Å². The van der Waals surface area contributed by atoms with Crippen molar-refractivity contribution < 1.29 is 19.8 Å². The summed E-state index contributed by atoms with van der Waals surface area (Å²) in [6.45, 7) is 0.984. The Labute approximate surface area is 200 Å². The summed E-state index contributed by atoms with van der Waals surface area (Å²) in [5.41, 5.74) is -2.66. The van der Waals surface area contributed by atoms with Crippen molar-refractivity contribution in [3.63, 3.8) is 0 Å². The minimum absolute atomic E-state index is 0.171. The van der Waals surface area contributed by atoms with Crippen LogP contribution in [0.25, 0.3) is 0 Å². The molecule has 0 radical (unpaired) electrons. The highest BCUT2D eigenvalue weighted by atomic mass is 35.6. The maximum Gasteiger partial charge on any atom is 0.232 e. The first-order chi connectivity index (χ1) is 13.4. The number of aliphatic hydroxyl groups is 2. The van der Waals surface area contributed by atoms with Gasteiger partial charge in [-0.3, -0.25) is 9.59 Å². The number of piperidine rings is 4. The summed E-state index contributed by atoms with van der Waals surface area (Å²) in [6, 6.07) is 0. The molecular formula is C17H24Cl6N2O4. The molecule has 4 aliphatic rings. The third kappa shape index (κ3) is 5.51. The van der Waals surface area contributed by atoms with Gasteiger partial charge >= 0.3 is 0 Å². The van der Waals surface area contributed by atoms with Crippen LogP contribution >= 0.6 is 69.6 Å². The fourth-order valence-electron chi connectivity index (χ4n) is 4.88. The molecule has 4 rings (SSSR count). The van der Waals surface area contributed by atoms with Crippen molar-refractivity contribution in [2.75, 3.05) is 13.1 Å². The zero-order valence-corrected chi connectivity index (χ0v) is 20.1. The molecule has 0 aromatic heterocycles. The lowest BCUT2D eigenvalue weighted by Crippen LogP contribution is -2.77. The van der Waals surface area contributed by atoms with Gasteiger partial charge < -0.3 is 20.0 Å².